The number of carbonyl (C=O) groups excluding carboxylic acids is 2. The monoisotopic (exact) mass is 374 g/mol. The second-order valence-electron chi connectivity index (χ2n) is 7.00. The number of rotatable bonds is 5. The Morgan fingerprint density at radius 2 is 1.74 bits per heavy atom. The second kappa shape index (κ2) is 11.0. The molecular formula is C21H34N4O2. The number of amides is 2. The van der Waals surface area contributed by atoms with E-state index in [1.807, 2.05) is 44.2 Å². The van der Waals surface area contributed by atoms with Crippen LogP contribution in [0, 0.1) is 5.92 Å². The van der Waals surface area contributed by atoms with E-state index in [4.69, 9.17) is 5.73 Å². The molecule has 1 saturated heterocycles. The summed E-state index contributed by atoms with van der Waals surface area (Å²) >= 11 is 0. The van der Waals surface area contributed by atoms with E-state index in [0.29, 0.717) is 0 Å². The van der Waals surface area contributed by atoms with Gasteiger partial charge in [0.1, 0.15) is 6.04 Å². The number of benzene rings is 1. The Hall–Kier alpha value is -1.92. The predicted octanol–water partition coefficient (Wildman–Crippen LogP) is 1.82. The largest absolute Gasteiger partial charge is 0.368 e. The van der Waals surface area contributed by atoms with E-state index >= 15 is 0 Å². The first-order valence-electron chi connectivity index (χ1n) is 10.3. The molecule has 0 bridgehead atoms. The van der Waals surface area contributed by atoms with Crippen LogP contribution in [0.5, 0.6) is 0 Å². The number of nitrogens with one attached hydrogen (secondary N) is 2. The molecule has 6 heteroatoms. The van der Waals surface area contributed by atoms with Gasteiger partial charge in [0.15, 0.2) is 0 Å². The van der Waals surface area contributed by atoms with Crippen LogP contribution in [-0.4, -0.2) is 48.9 Å². The summed E-state index contributed by atoms with van der Waals surface area (Å²) in [7, 11) is 0. The zero-order chi connectivity index (χ0) is 19.6. The molecule has 27 heavy (non-hydrogen) atoms. The van der Waals surface area contributed by atoms with Crippen molar-refractivity contribution < 1.29 is 9.59 Å². The van der Waals surface area contributed by atoms with Crippen LogP contribution in [0.25, 0.3) is 0 Å². The van der Waals surface area contributed by atoms with Gasteiger partial charge < -0.3 is 16.4 Å². The molecule has 6 nitrogen and oxygen atoms in total. The summed E-state index contributed by atoms with van der Waals surface area (Å²) < 4.78 is 0. The Labute approximate surface area is 162 Å². The number of primary amides is 1. The molecule has 1 aliphatic carbocycles. The third-order valence-electron chi connectivity index (χ3n) is 5.39. The average molecular weight is 375 g/mol. The zero-order valence-corrected chi connectivity index (χ0v) is 16.6. The minimum Gasteiger partial charge on any atom is -0.368 e. The van der Waals surface area contributed by atoms with Gasteiger partial charge in [-0.25, -0.2) is 0 Å². The first-order valence-corrected chi connectivity index (χ1v) is 10.3. The molecule has 0 radical (unpaired) electrons. The molecular weight excluding hydrogens is 340 g/mol. The van der Waals surface area contributed by atoms with Crippen LogP contribution in [-0.2, 0) is 9.59 Å². The van der Waals surface area contributed by atoms with E-state index in [9.17, 15) is 9.59 Å². The molecule has 3 atom stereocenters. The summed E-state index contributed by atoms with van der Waals surface area (Å²) in [5.41, 5.74) is 6.29. The van der Waals surface area contributed by atoms with Crippen LogP contribution < -0.4 is 16.4 Å². The molecule has 4 N–H and O–H groups in total. The van der Waals surface area contributed by atoms with Crippen molar-refractivity contribution in [1.82, 2.24) is 15.5 Å². The molecule has 1 aromatic carbocycles. The Kier molecular flexibility index (Phi) is 8.75. The molecule has 0 spiro atoms. The first-order chi connectivity index (χ1) is 13.2. The Morgan fingerprint density at radius 1 is 1.11 bits per heavy atom. The number of hydrogen-bond acceptors (Lipinski definition) is 4. The van der Waals surface area contributed by atoms with Crippen molar-refractivity contribution >= 4 is 11.8 Å². The fourth-order valence-electron chi connectivity index (χ4n) is 4.08. The molecule has 2 unspecified atom stereocenters. The third-order valence-corrected chi connectivity index (χ3v) is 5.39. The van der Waals surface area contributed by atoms with Crippen LogP contribution in [0.3, 0.4) is 0 Å². The van der Waals surface area contributed by atoms with Crippen LogP contribution in [0.1, 0.15) is 51.1 Å². The van der Waals surface area contributed by atoms with Crippen molar-refractivity contribution in [1.29, 1.82) is 0 Å². The van der Waals surface area contributed by atoms with Gasteiger partial charge in [0.2, 0.25) is 11.8 Å². The molecule has 150 valence electrons. The van der Waals surface area contributed by atoms with Crippen molar-refractivity contribution in [2.75, 3.05) is 26.2 Å². The van der Waals surface area contributed by atoms with E-state index in [2.05, 4.69) is 15.5 Å². The Balaban J connectivity index is 0.00000126. The van der Waals surface area contributed by atoms with Gasteiger partial charge in [-0.2, -0.15) is 0 Å². The summed E-state index contributed by atoms with van der Waals surface area (Å²) in [6.45, 7) is 7.90. The van der Waals surface area contributed by atoms with Crippen molar-refractivity contribution in [3.05, 3.63) is 35.9 Å². The topological polar surface area (TPSA) is 87.5 Å². The SMILES string of the molecule is CC.NC(=O)[C@@H](NC(=O)C1CCCCC1N1CCNCC1)c1ccccc1. The maximum Gasteiger partial charge on any atom is 0.244 e. The fraction of sp³-hybridized carbons (Fsp3) is 0.619. The quantitative estimate of drug-likeness (QED) is 0.734. The smallest absolute Gasteiger partial charge is 0.244 e. The summed E-state index contributed by atoms with van der Waals surface area (Å²) in [6.07, 6.45) is 4.15. The van der Waals surface area contributed by atoms with Gasteiger partial charge in [-0.05, 0) is 18.4 Å². The van der Waals surface area contributed by atoms with E-state index in [1.54, 1.807) is 0 Å². The van der Waals surface area contributed by atoms with E-state index in [1.165, 1.54) is 0 Å². The Morgan fingerprint density at radius 3 is 2.37 bits per heavy atom. The third kappa shape index (κ3) is 5.78. The molecule has 1 heterocycles. The van der Waals surface area contributed by atoms with Gasteiger partial charge in [-0.3, -0.25) is 14.5 Å². The van der Waals surface area contributed by atoms with Crippen molar-refractivity contribution in [2.24, 2.45) is 11.7 Å². The van der Waals surface area contributed by atoms with Crippen LogP contribution in [0.4, 0.5) is 0 Å². The van der Waals surface area contributed by atoms with E-state index < -0.39 is 11.9 Å². The maximum absolute atomic E-state index is 13.0. The lowest BCUT2D eigenvalue weighted by Crippen LogP contribution is -2.55. The lowest BCUT2D eigenvalue weighted by Gasteiger charge is -2.41. The highest BCUT2D eigenvalue weighted by Gasteiger charge is 2.36. The average Bonchev–Trinajstić information content (AvgIpc) is 2.74. The van der Waals surface area contributed by atoms with Gasteiger partial charge >= 0.3 is 0 Å². The summed E-state index contributed by atoms with van der Waals surface area (Å²) in [4.78, 5) is 27.3. The highest BCUT2D eigenvalue weighted by atomic mass is 16.2. The highest BCUT2D eigenvalue weighted by Crippen LogP contribution is 2.29. The van der Waals surface area contributed by atoms with Crippen LogP contribution >= 0.6 is 0 Å². The van der Waals surface area contributed by atoms with Gasteiger partial charge in [0, 0.05) is 32.2 Å². The normalized spacial score (nSPS) is 24.2. The number of nitrogens with two attached hydrogens (primary N) is 1. The molecule has 1 saturated carbocycles. The van der Waals surface area contributed by atoms with Crippen molar-refractivity contribution in [3.8, 4) is 0 Å². The summed E-state index contributed by atoms with van der Waals surface area (Å²) in [5.74, 6) is -0.637. The van der Waals surface area contributed by atoms with Crippen LogP contribution in [0.2, 0.25) is 0 Å². The predicted molar refractivity (Wildman–Crippen MR) is 108 cm³/mol. The fourth-order valence-corrected chi connectivity index (χ4v) is 4.08. The Bertz CT molecular complexity index is 587. The zero-order valence-electron chi connectivity index (χ0n) is 16.6. The first kappa shape index (κ1) is 21.4. The van der Waals surface area contributed by atoms with Gasteiger partial charge in [0.25, 0.3) is 0 Å². The molecule has 2 aliphatic rings. The van der Waals surface area contributed by atoms with Crippen LogP contribution in [0.15, 0.2) is 30.3 Å². The number of carbonyl (C=O) groups is 2. The van der Waals surface area contributed by atoms with Gasteiger partial charge in [0.05, 0.1) is 5.92 Å². The van der Waals surface area contributed by atoms with E-state index in [-0.39, 0.29) is 17.9 Å². The second-order valence-corrected chi connectivity index (χ2v) is 7.00. The summed E-state index contributed by atoms with van der Waals surface area (Å²) in [6, 6.07) is 8.72. The maximum atomic E-state index is 13.0. The molecule has 0 aromatic heterocycles. The minimum atomic E-state index is -0.765. The highest BCUT2D eigenvalue weighted by molar-refractivity contribution is 5.88. The molecule has 3 rings (SSSR count). The molecule has 2 fully saturated rings. The number of hydrogen-bond donors (Lipinski definition) is 3. The standard InChI is InChI=1S/C19H28N4O2.C2H6/c20-18(24)17(14-6-2-1-3-7-14)22-19(25)15-8-4-5-9-16(15)23-12-10-21-11-13-23;1-2/h1-3,6-7,15-17,21H,4-5,8-13H2,(H2,20,24)(H,22,25);1-2H3/t15?,16?,17-;/m0./s1. The minimum absolute atomic E-state index is 0.0455. The molecule has 1 aromatic rings. The van der Waals surface area contributed by atoms with Crippen molar-refractivity contribution in [2.45, 2.75) is 51.6 Å². The van der Waals surface area contributed by atoms with Gasteiger partial charge in [-0.1, -0.05) is 57.0 Å². The molecule has 2 amide bonds. The van der Waals surface area contributed by atoms with E-state index in [0.717, 1.165) is 57.4 Å². The lowest BCUT2D eigenvalue weighted by molar-refractivity contribution is -0.132. The lowest BCUT2D eigenvalue weighted by atomic mass is 9.82. The van der Waals surface area contributed by atoms with Crippen molar-refractivity contribution in [3.63, 3.8) is 0 Å². The summed E-state index contributed by atoms with van der Waals surface area (Å²) in [5, 5.41) is 6.28. The number of piperazine rings is 1. The molecule has 1 aliphatic heterocycles. The number of nitrogens with zero attached hydrogens (tertiary/aromatic N) is 1. The van der Waals surface area contributed by atoms with Gasteiger partial charge in [-0.15, -0.1) is 0 Å².